The number of fused-ring (bicyclic) bond motifs is 1. The Labute approximate surface area is 188 Å². The van der Waals surface area contributed by atoms with Gasteiger partial charge in [-0.3, -0.25) is 9.69 Å². The van der Waals surface area contributed by atoms with Crippen LogP contribution >= 0.6 is 0 Å². The standard InChI is InChI=1S/C30H23NO/c32-30(29(24-14-4-1-5-15-24)25-16-6-2-7-17-25)31(26-19-8-3-9-20-26)28-22-12-18-23-13-10-11-21-27(23)28/h1-22,29H. The van der Waals surface area contributed by atoms with Gasteiger partial charge in [-0.05, 0) is 34.7 Å². The summed E-state index contributed by atoms with van der Waals surface area (Å²) < 4.78 is 0. The maximum Gasteiger partial charge on any atom is 0.243 e. The normalized spacial score (nSPS) is 10.9. The number of carbonyl (C=O) groups excluding carboxylic acids is 1. The number of nitrogens with zero attached hydrogens (tertiary/aromatic N) is 1. The van der Waals surface area contributed by atoms with E-state index in [0.29, 0.717) is 0 Å². The Morgan fingerprint density at radius 1 is 0.531 bits per heavy atom. The third kappa shape index (κ3) is 3.79. The molecule has 0 bridgehead atoms. The molecule has 5 aromatic rings. The van der Waals surface area contributed by atoms with Crippen molar-refractivity contribution in [1.29, 1.82) is 0 Å². The van der Waals surface area contributed by atoms with Crippen LogP contribution in [-0.4, -0.2) is 5.91 Å². The SMILES string of the molecule is O=C(C(c1ccccc1)c1ccccc1)N(c1ccccc1)c1cccc2ccccc12. The first-order valence-corrected chi connectivity index (χ1v) is 10.8. The van der Waals surface area contributed by atoms with Crippen molar-refractivity contribution in [2.24, 2.45) is 0 Å². The van der Waals surface area contributed by atoms with E-state index in [-0.39, 0.29) is 5.91 Å². The molecule has 0 spiro atoms. The summed E-state index contributed by atoms with van der Waals surface area (Å²) in [6, 6.07) is 44.3. The van der Waals surface area contributed by atoms with E-state index < -0.39 is 5.92 Å². The average molecular weight is 414 g/mol. The molecule has 0 aliphatic heterocycles. The van der Waals surface area contributed by atoms with Gasteiger partial charge in [0.05, 0.1) is 11.6 Å². The molecule has 0 radical (unpaired) electrons. The number of benzene rings is 5. The highest BCUT2D eigenvalue weighted by Crippen LogP contribution is 2.37. The van der Waals surface area contributed by atoms with Crippen LogP contribution in [0.4, 0.5) is 11.4 Å². The smallest absolute Gasteiger partial charge is 0.243 e. The van der Waals surface area contributed by atoms with Crippen molar-refractivity contribution >= 4 is 28.1 Å². The summed E-state index contributed by atoms with van der Waals surface area (Å²) in [6.07, 6.45) is 0. The van der Waals surface area contributed by atoms with Crippen LogP contribution in [0.15, 0.2) is 133 Å². The molecule has 2 nitrogen and oxygen atoms in total. The molecular weight excluding hydrogens is 390 g/mol. The second kappa shape index (κ2) is 8.91. The van der Waals surface area contributed by atoms with E-state index in [1.807, 2.05) is 120 Å². The van der Waals surface area contributed by atoms with Gasteiger partial charge >= 0.3 is 0 Å². The van der Waals surface area contributed by atoms with Gasteiger partial charge in [0.1, 0.15) is 0 Å². The quantitative estimate of drug-likeness (QED) is 0.295. The number of anilines is 2. The van der Waals surface area contributed by atoms with Crippen molar-refractivity contribution in [3.63, 3.8) is 0 Å². The lowest BCUT2D eigenvalue weighted by Gasteiger charge is -2.29. The predicted molar refractivity (Wildman–Crippen MR) is 132 cm³/mol. The van der Waals surface area contributed by atoms with Crippen molar-refractivity contribution in [3.05, 3.63) is 145 Å². The van der Waals surface area contributed by atoms with Gasteiger partial charge in [-0.25, -0.2) is 0 Å². The summed E-state index contributed by atoms with van der Waals surface area (Å²) in [7, 11) is 0. The second-order valence-corrected chi connectivity index (χ2v) is 7.76. The molecule has 0 aliphatic carbocycles. The first kappa shape index (κ1) is 19.8. The zero-order valence-electron chi connectivity index (χ0n) is 17.6. The maximum absolute atomic E-state index is 14.4. The number of hydrogen-bond donors (Lipinski definition) is 0. The molecule has 154 valence electrons. The Bertz CT molecular complexity index is 1290. The highest BCUT2D eigenvalue weighted by Gasteiger charge is 2.30. The number of rotatable bonds is 5. The molecule has 0 saturated carbocycles. The fourth-order valence-electron chi connectivity index (χ4n) is 4.26. The van der Waals surface area contributed by atoms with Crippen molar-refractivity contribution in [1.82, 2.24) is 0 Å². The van der Waals surface area contributed by atoms with E-state index in [1.54, 1.807) is 0 Å². The molecule has 0 N–H and O–H groups in total. The molecule has 32 heavy (non-hydrogen) atoms. The van der Waals surface area contributed by atoms with Gasteiger partial charge in [-0.1, -0.05) is 115 Å². The fourth-order valence-corrected chi connectivity index (χ4v) is 4.26. The molecule has 0 unspecified atom stereocenters. The Morgan fingerprint density at radius 3 is 1.66 bits per heavy atom. The van der Waals surface area contributed by atoms with Gasteiger partial charge in [0.15, 0.2) is 0 Å². The van der Waals surface area contributed by atoms with E-state index in [2.05, 4.69) is 18.2 Å². The zero-order chi connectivity index (χ0) is 21.8. The first-order valence-electron chi connectivity index (χ1n) is 10.8. The number of amides is 1. The minimum atomic E-state index is -0.420. The summed E-state index contributed by atoms with van der Waals surface area (Å²) in [6.45, 7) is 0. The molecule has 5 aromatic carbocycles. The molecule has 5 rings (SSSR count). The first-order chi connectivity index (χ1) is 15.8. The van der Waals surface area contributed by atoms with Gasteiger partial charge in [0.25, 0.3) is 0 Å². The summed E-state index contributed by atoms with van der Waals surface area (Å²) >= 11 is 0. The van der Waals surface area contributed by atoms with Crippen LogP contribution in [0.5, 0.6) is 0 Å². The van der Waals surface area contributed by atoms with E-state index in [4.69, 9.17) is 0 Å². The van der Waals surface area contributed by atoms with Crippen LogP contribution in [0, 0.1) is 0 Å². The van der Waals surface area contributed by atoms with Crippen LogP contribution in [0.3, 0.4) is 0 Å². The summed E-state index contributed by atoms with van der Waals surface area (Å²) in [4.78, 5) is 16.3. The molecule has 0 saturated heterocycles. The lowest BCUT2D eigenvalue weighted by Crippen LogP contribution is -2.32. The van der Waals surface area contributed by atoms with Crippen molar-refractivity contribution in [3.8, 4) is 0 Å². The van der Waals surface area contributed by atoms with Crippen LogP contribution in [0.2, 0.25) is 0 Å². The van der Waals surface area contributed by atoms with Gasteiger partial charge < -0.3 is 0 Å². The minimum Gasteiger partial charge on any atom is -0.280 e. The number of para-hydroxylation sites is 1. The highest BCUT2D eigenvalue weighted by molar-refractivity contribution is 6.11. The Hall–Kier alpha value is -4.17. The zero-order valence-corrected chi connectivity index (χ0v) is 17.6. The Kier molecular flexibility index (Phi) is 5.50. The lowest BCUT2D eigenvalue weighted by molar-refractivity contribution is -0.118. The van der Waals surface area contributed by atoms with Crippen LogP contribution in [0.25, 0.3) is 10.8 Å². The number of hydrogen-bond acceptors (Lipinski definition) is 1. The van der Waals surface area contributed by atoms with Crippen LogP contribution in [0.1, 0.15) is 17.0 Å². The van der Waals surface area contributed by atoms with Crippen LogP contribution in [-0.2, 0) is 4.79 Å². The van der Waals surface area contributed by atoms with Gasteiger partial charge in [0.2, 0.25) is 5.91 Å². The third-order valence-corrected chi connectivity index (χ3v) is 5.76. The molecule has 0 atom stereocenters. The highest BCUT2D eigenvalue weighted by atomic mass is 16.2. The van der Waals surface area contributed by atoms with E-state index in [9.17, 15) is 4.79 Å². The molecule has 0 fully saturated rings. The number of carbonyl (C=O) groups is 1. The van der Waals surface area contributed by atoms with Crippen molar-refractivity contribution in [2.75, 3.05) is 4.90 Å². The minimum absolute atomic E-state index is 0.0185. The Morgan fingerprint density at radius 2 is 1.03 bits per heavy atom. The van der Waals surface area contributed by atoms with E-state index in [0.717, 1.165) is 33.3 Å². The molecule has 0 aliphatic rings. The molecular formula is C30H23NO. The molecule has 0 heterocycles. The van der Waals surface area contributed by atoms with Gasteiger partial charge in [-0.2, -0.15) is 0 Å². The van der Waals surface area contributed by atoms with Crippen molar-refractivity contribution < 1.29 is 4.79 Å². The summed E-state index contributed by atoms with van der Waals surface area (Å²) in [5, 5.41) is 2.15. The van der Waals surface area contributed by atoms with Gasteiger partial charge in [-0.15, -0.1) is 0 Å². The topological polar surface area (TPSA) is 20.3 Å². The molecule has 1 amide bonds. The maximum atomic E-state index is 14.4. The third-order valence-electron chi connectivity index (χ3n) is 5.76. The monoisotopic (exact) mass is 413 g/mol. The summed E-state index contributed by atoms with van der Waals surface area (Å²) in [5.41, 5.74) is 3.69. The van der Waals surface area contributed by atoms with E-state index >= 15 is 0 Å². The Balaban J connectivity index is 1.73. The summed E-state index contributed by atoms with van der Waals surface area (Å²) in [5.74, 6) is -0.401. The largest absolute Gasteiger partial charge is 0.280 e. The predicted octanol–water partition coefficient (Wildman–Crippen LogP) is 7.34. The average Bonchev–Trinajstić information content (AvgIpc) is 2.87. The fraction of sp³-hybridized carbons (Fsp3) is 0.0333. The van der Waals surface area contributed by atoms with Gasteiger partial charge in [0, 0.05) is 11.1 Å². The second-order valence-electron chi connectivity index (χ2n) is 7.76. The van der Waals surface area contributed by atoms with E-state index in [1.165, 1.54) is 0 Å². The lowest BCUT2D eigenvalue weighted by atomic mass is 9.89. The molecule has 0 aromatic heterocycles. The molecule has 2 heteroatoms. The van der Waals surface area contributed by atoms with Crippen LogP contribution < -0.4 is 4.90 Å². The van der Waals surface area contributed by atoms with Crippen molar-refractivity contribution in [2.45, 2.75) is 5.92 Å².